The molecule has 0 spiro atoms. The zero-order chi connectivity index (χ0) is 19.4. The van der Waals surface area contributed by atoms with Crippen molar-refractivity contribution in [2.75, 3.05) is 0 Å². The van der Waals surface area contributed by atoms with Crippen molar-refractivity contribution in [1.82, 2.24) is 9.55 Å². The quantitative estimate of drug-likeness (QED) is 0.302. The van der Waals surface area contributed by atoms with Gasteiger partial charge in [0.05, 0.1) is 11.0 Å². The van der Waals surface area contributed by atoms with Crippen LogP contribution in [0.1, 0.15) is 5.56 Å². The molecular weight excluding hydrogens is 372 g/mol. The van der Waals surface area contributed by atoms with Crippen molar-refractivity contribution >= 4 is 43.2 Å². The summed E-state index contributed by atoms with van der Waals surface area (Å²) in [5.41, 5.74) is 5.75. The summed E-state index contributed by atoms with van der Waals surface area (Å²) in [6.45, 7) is 2.15. The van der Waals surface area contributed by atoms with Crippen LogP contribution in [-0.4, -0.2) is 9.55 Å². The van der Waals surface area contributed by atoms with E-state index in [-0.39, 0.29) is 0 Å². The maximum absolute atomic E-state index is 5.06. The Hall–Kier alpha value is -3.43. The van der Waals surface area contributed by atoms with Crippen LogP contribution in [-0.2, 0) is 0 Å². The minimum absolute atomic E-state index is 0.998. The zero-order valence-electron chi connectivity index (χ0n) is 16.0. The third-order valence-corrected chi connectivity index (χ3v) is 6.49. The lowest BCUT2D eigenvalue weighted by Crippen LogP contribution is -1.97. The summed E-state index contributed by atoms with van der Waals surface area (Å²) >= 11 is 1.78. The van der Waals surface area contributed by atoms with Crippen molar-refractivity contribution in [2.45, 2.75) is 6.92 Å². The molecule has 0 unspecified atom stereocenters. The predicted molar refractivity (Wildman–Crippen MR) is 124 cm³/mol. The molecule has 0 aliphatic carbocycles. The molecule has 0 bridgehead atoms. The predicted octanol–water partition coefficient (Wildman–Crippen LogP) is 7.37. The molecule has 2 aromatic heterocycles. The van der Waals surface area contributed by atoms with Gasteiger partial charge in [-0.05, 0) is 54.1 Å². The van der Waals surface area contributed by atoms with E-state index in [1.807, 2.05) is 0 Å². The lowest BCUT2D eigenvalue weighted by molar-refractivity contribution is 1.11. The maximum atomic E-state index is 5.06. The second-order valence-corrected chi connectivity index (χ2v) is 8.35. The number of thiophene rings is 1. The Morgan fingerprint density at radius 2 is 1.62 bits per heavy atom. The number of hydrogen-bond acceptors (Lipinski definition) is 2. The number of aromatic nitrogens is 2. The van der Waals surface area contributed by atoms with Gasteiger partial charge in [-0.1, -0.05) is 54.1 Å². The lowest BCUT2D eigenvalue weighted by Gasteiger charge is -2.11. The first kappa shape index (κ1) is 16.5. The molecule has 3 heteroatoms. The third-order valence-electron chi connectivity index (χ3n) is 5.52. The number of benzene rings is 4. The fraction of sp³-hybridized carbons (Fsp3) is 0.0385. The summed E-state index contributed by atoms with van der Waals surface area (Å²) in [6.07, 6.45) is 0. The summed E-state index contributed by atoms with van der Waals surface area (Å²) in [5, 5.41) is 5.99. The van der Waals surface area contributed by atoms with Crippen LogP contribution in [0.3, 0.4) is 0 Å². The zero-order valence-corrected chi connectivity index (χ0v) is 16.8. The third kappa shape index (κ3) is 2.59. The molecule has 0 saturated heterocycles. The molecule has 0 saturated carbocycles. The molecule has 0 aliphatic heterocycles. The molecular formula is C26H18N2S. The van der Waals surface area contributed by atoms with Gasteiger partial charge in [0.1, 0.15) is 5.82 Å². The molecule has 4 aromatic carbocycles. The van der Waals surface area contributed by atoms with Crippen LogP contribution in [0.25, 0.3) is 49.0 Å². The molecule has 6 rings (SSSR count). The van der Waals surface area contributed by atoms with Crippen LogP contribution in [0.15, 0.2) is 90.3 Å². The van der Waals surface area contributed by atoms with Crippen molar-refractivity contribution in [1.29, 1.82) is 0 Å². The van der Waals surface area contributed by atoms with E-state index in [9.17, 15) is 0 Å². The van der Waals surface area contributed by atoms with E-state index in [1.165, 1.54) is 32.0 Å². The van der Waals surface area contributed by atoms with Crippen LogP contribution in [0.5, 0.6) is 0 Å². The summed E-state index contributed by atoms with van der Waals surface area (Å²) in [5.74, 6) is 0.998. The normalized spacial score (nSPS) is 11.6. The highest BCUT2D eigenvalue weighted by atomic mass is 32.1. The molecule has 2 nitrogen and oxygen atoms in total. The van der Waals surface area contributed by atoms with Crippen molar-refractivity contribution < 1.29 is 0 Å². The molecule has 2 heterocycles. The van der Waals surface area contributed by atoms with Gasteiger partial charge in [-0.3, -0.25) is 4.57 Å². The second-order valence-electron chi connectivity index (χ2n) is 7.44. The Balaban J connectivity index is 1.69. The molecule has 6 aromatic rings. The average Bonchev–Trinajstić information content (AvgIpc) is 3.34. The van der Waals surface area contributed by atoms with E-state index in [2.05, 4.69) is 102 Å². The van der Waals surface area contributed by atoms with Gasteiger partial charge in [-0.15, -0.1) is 11.3 Å². The summed E-state index contributed by atoms with van der Waals surface area (Å²) in [6, 6.07) is 30.2. The van der Waals surface area contributed by atoms with Crippen molar-refractivity contribution in [3.05, 3.63) is 95.9 Å². The van der Waals surface area contributed by atoms with E-state index in [4.69, 9.17) is 4.98 Å². The molecule has 0 radical (unpaired) electrons. The van der Waals surface area contributed by atoms with Crippen LogP contribution in [0, 0.1) is 6.92 Å². The highest BCUT2D eigenvalue weighted by molar-refractivity contribution is 7.17. The number of rotatable bonds is 2. The standard InChI is InChI=1S/C26H18N2S/c1-17-10-13-25-21(14-17)22(16-29-25)26-27-23-8-4-5-9-24(23)28(26)20-12-11-18-6-2-3-7-19(18)15-20/h2-16H,1H3. The van der Waals surface area contributed by atoms with Gasteiger partial charge in [-0.25, -0.2) is 4.98 Å². The molecule has 0 aliphatic rings. The Labute approximate surface area is 172 Å². The number of para-hydroxylation sites is 2. The Kier molecular flexibility index (Phi) is 3.58. The Morgan fingerprint density at radius 1 is 0.793 bits per heavy atom. The maximum Gasteiger partial charge on any atom is 0.147 e. The first-order chi connectivity index (χ1) is 14.3. The van der Waals surface area contributed by atoms with Crippen LogP contribution in [0.4, 0.5) is 0 Å². The lowest BCUT2D eigenvalue weighted by atomic mass is 10.1. The molecule has 0 fully saturated rings. The minimum atomic E-state index is 0.998. The molecule has 0 N–H and O–H groups in total. The van der Waals surface area contributed by atoms with Crippen LogP contribution < -0.4 is 0 Å². The van der Waals surface area contributed by atoms with Crippen molar-refractivity contribution in [2.24, 2.45) is 0 Å². The molecule has 29 heavy (non-hydrogen) atoms. The van der Waals surface area contributed by atoms with Crippen molar-refractivity contribution in [3.8, 4) is 17.1 Å². The van der Waals surface area contributed by atoms with Crippen LogP contribution in [0.2, 0.25) is 0 Å². The van der Waals surface area contributed by atoms with Gasteiger partial charge < -0.3 is 0 Å². The topological polar surface area (TPSA) is 17.8 Å². The number of fused-ring (bicyclic) bond motifs is 3. The number of nitrogens with zero attached hydrogens (tertiary/aromatic N) is 2. The fourth-order valence-corrected chi connectivity index (χ4v) is 5.02. The minimum Gasteiger partial charge on any atom is -0.292 e. The second kappa shape index (κ2) is 6.29. The highest BCUT2D eigenvalue weighted by Crippen LogP contribution is 2.37. The van der Waals surface area contributed by atoms with Crippen LogP contribution >= 0.6 is 11.3 Å². The summed E-state index contributed by atoms with van der Waals surface area (Å²) < 4.78 is 3.59. The summed E-state index contributed by atoms with van der Waals surface area (Å²) in [4.78, 5) is 5.06. The van der Waals surface area contributed by atoms with E-state index in [0.29, 0.717) is 0 Å². The molecule has 0 atom stereocenters. The monoisotopic (exact) mass is 390 g/mol. The highest BCUT2D eigenvalue weighted by Gasteiger charge is 2.17. The SMILES string of the molecule is Cc1ccc2scc(-c3nc4ccccc4n3-c3ccc4ccccc4c3)c2c1. The van der Waals surface area contributed by atoms with Gasteiger partial charge in [0.25, 0.3) is 0 Å². The van der Waals surface area contributed by atoms with E-state index in [1.54, 1.807) is 11.3 Å². The van der Waals surface area contributed by atoms with E-state index >= 15 is 0 Å². The molecule has 138 valence electrons. The van der Waals surface area contributed by atoms with Gasteiger partial charge in [-0.2, -0.15) is 0 Å². The van der Waals surface area contributed by atoms with Gasteiger partial charge >= 0.3 is 0 Å². The van der Waals surface area contributed by atoms with Gasteiger partial charge in [0.15, 0.2) is 0 Å². The smallest absolute Gasteiger partial charge is 0.147 e. The first-order valence-corrected chi connectivity index (χ1v) is 10.6. The fourth-order valence-electron chi connectivity index (χ4n) is 4.10. The number of hydrogen-bond donors (Lipinski definition) is 0. The van der Waals surface area contributed by atoms with Gasteiger partial charge in [0, 0.05) is 26.7 Å². The first-order valence-electron chi connectivity index (χ1n) is 9.73. The average molecular weight is 391 g/mol. The number of imidazole rings is 1. The summed E-state index contributed by atoms with van der Waals surface area (Å²) in [7, 11) is 0. The van der Waals surface area contributed by atoms with E-state index < -0.39 is 0 Å². The van der Waals surface area contributed by atoms with E-state index in [0.717, 1.165) is 22.5 Å². The Morgan fingerprint density at radius 3 is 2.55 bits per heavy atom. The Bertz CT molecular complexity index is 1520. The van der Waals surface area contributed by atoms with Crippen molar-refractivity contribution in [3.63, 3.8) is 0 Å². The molecule has 0 amide bonds. The largest absolute Gasteiger partial charge is 0.292 e. The van der Waals surface area contributed by atoms with Gasteiger partial charge in [0.2, 0.25) is 0 Å². The number of aryl methyl sites for hydroxylation is 1.